The van der Waals surface area contributed by atoms with Crippen LogP contribution in [0.2, 0.25) is 0 Å². The zero-order valence-electron chi connectivity index (χ0n) is 13.8. The van der Waals surface area contributed by atoms with Crippen LogP contribution < -0.4 is 5.32 Å². The van der Waals surface area contributed by atoms with Crippen LogP contribution in [0.15, 0.2) is 0 Å². The van der Waals surface area contributed by atoms with E-state index in [0.717, 1.165) is 29.8 Å². The minimum Gasteiger partial charge on any atom is -0.311 e. The second-order valence-electron chi connectivity index (χ2n) is 8.49. The van der Waals surface area contributed by atoms with Gasteiger partial charge in [-0.05, 0) is 55.3 Å². The standard InChI is InChI=1S/C18H35N/c1-13-10-11-15(12-14(13)2)19-17-9-7-6-8-16(17)18(3,4)5/h13-17,19H,6-12H2,1-5H3. The highest BCUT2D eigenvalue weighted by molar-refractivity contribution is 4.91. The lowest BCUT2D eigenvalue weighted by Crippen LogP contribution is -2.49. The zero-order valence-corrected chi connectivity index (χ0v) is 13.8. The second kappa shape index (κ2) is 6.16. The average molecular weight is 265 g/mol. The summed E-state index contributed by atoms with van der Waals surface area (Å²) in [4.78, 5) is 0. The molecule has 0 amide bonds. The van der Waals surface area contributed by atoms with E-state index in [1.165, 1.54) is 44.9 Å². The smallest absolute Gasteiger partial charge is 0.0103 e. The summed E-state index contributed by atoms with van der Waals surface area (Å²) in [6.45, 7) is 12.2. The minimum atomic E-state index is 0.464. The van der Waals surface area contributed by atoms with Gasteiger partial charge in [0.05, 0.1) is 0 Å². The summed E-state index contributed by atoms with van der Waals surface area (Å²) in [5.74, 6) is 2.71. The van der Waals surface area contributed by atoms with Gasteiger partial charge >= 0.3 is 0 Å². The van der Waals surface area contributed by atoms with Crippen molar-refractivity contribution in [1.82, 2.24) is 5.32 Å². The molecule has 0 aromatic carbocycles. The van der Waals surface area contributed by atoms with Gasteiger partial charge in [-0.3, -0.25) is 0 Å². The maximum absolute atomic E-state index is 4.07. The lowest BCUT2D eigenvalue weighted by molar-refractivity contribution is 0.108. The first-order chi connectivity index (χ1) is 8.88. The van der Waals surface area contributed by atoms with E-state index in [0.29, 0.717) is 5.41 Å². The molecule has 2 rings (SSSR count). The molecule has 0 aliphatic heterocycles. The molecule has 2 aliphatic rings. The van der Waals surface area contributed by atoms with Gasteiger partial charge in [-0.1, -0.05) is 47.5 Å². The molecule has 0 aromatic rings. The summed E-state index contributed by atoms with van der Waals surface area (Å²) in [5.41, 5.74) is 0.464. The predicted octanol–water partition coefficient (Wildman–Crippen LogP) is 5.01. The third-order valence-corrected chi connectivity index (χ3v) is 5.93. The van der Waals surface area contributed by atoms with Gasteiger partial charge in [0.2, 0.25) is 0 Å². The van der Waals surface area contributed by atoms with E-state index in [4.69, 9.17) is 0 Å². The number of hydrogen-bond acceptors (Lipinski definition) is 1. The lowest BCUT2D eigenvalue weighted by atomic mass is 9.69. The summed E-state index contributed by atoms with van der Waals surface area (Å²) < 4.78 is 0. The molecule has 19 heavy (non-hydrogen) atoms. The van der Waals surface area contributed by atoms with Crippen molar-refractivity contribution in [1.29, 1.82) is 0 Å². The Kier molecular flexibility index (Phi) is 4.98. The van der Waals surface area contributed by atoms with Crippen molar-refractivity contribution in [2.75, 3.05) is 0 Å². The summed E-state index contributed by atoms with van der Waals surface area (Å²) >= 11 is 0. The van der Waals surface area contributed by atoms with Crippen molar-refractivity contribution in [3.63, 3.8) is 0 Å². The molecule has 1 N–H and O–H groups in total. The summed E-state index contributed by atoms with van der Waals surface area (Å²) in [7, 11) is 0. The molecular formula is C18H35N. The molecule has 1 nitrogen and oxygen atoms in total. The molecule has 0 saturated heterocycles. The maximum atomic E-state index is 4.07. The van der Waals surface area contributed by atoms with Gasteiger partial charge in [0.1, 0.15) is 0 Å². The second-order valence-corrected chi connectivity index (χ2v) is 8.49. The van der Waals surface area contributed by atoms with Crippen LogP contribution in [0.25, 0.3) is 0 Å². The van der Waals surface area contributed by atoms with Crippen LogP contribution in [0.4, 0.5) is 0 Å². The van der Waals surface area contributed by atoms with E-state index in [1.807, 2.05) is 0 Å². The number of rotatable bonds is 2. The highest BCUT2D eigenvalue weighted by Gasteiger charge is 2.36. The zero-order chi connectivity index (χ0) is 14.0. The molecule has 0 aromatic heterocycles. The Morgan fingerprint density at radius 1 is 0.842 bits per heavy atom. The first-order valence-electron chi connectivity index (χ1n) is 8.64. The Morgan fingerprint density at radius 3 is 2.16 bits per heavy atom. The van der Waals surface area contributed by atoms with Crippen LogP contribution >= 0.6 is 0 Å². The predicted molar refractivity (Wildman–Crippen MR) is 84.3 cm³/mol. The third-order valence-electron chi connectivity index (χ3n) is 5.93. The lowest BCUT2D eigenvalue weighted by Gasteiger charge is -2.44. The number of nitrogens with one attached hydrogen (secondary N) is 1. The van der Waals surface area contributed by atoms with Crippen molar-refractivity contribution >= 4 is 0 Å². The Morgan fingerprint density at radius 2 is 1.53 bits per heavy atom. The topological polar surface area (TPSA) is 12.0 Å². The van der Waals surface area contributed by atoms with E-state index in [9.17, 15) is 0 Å². The molecule has 2 saturated carbocycles. The van der Waals surface area contributed by atoms with E-state index in [-0.39, 0.29) is 0 Å². The molecule has 0 heterocycles. The Bertz CT molecular complexity index is 278. The summed E-state index contributed by atoms with van der Waals surface area (Å²) in [5, 5.41) is 4.07. The van der Waals surface area contributed by atoms with Gasteiger partial charge in [-0.25, -0.2) is 0 Å². The molecule has 112 valence electrons. The minimum absolute atomic E-state index is 0.464. The first kappa shape index (κ1) is 15.4. The molecule has 0 spiro atoms. The van der Waals surface area contributed by atoms with Crippen molar-refractivity contribution < 1.29 is 0 Å². The molecule has 1 heteroatoms. The van der Waals surface area contributed by atoms with Crippen molar-refractivity contribution in [2.45, 2.75) is 91.6 Å². The van der Waals surface area contributed by atoms with Crippen LogP contribution in [-0.4, -0.2) is 12.1 Å². The Hall–Kier alpha value is -0.0400. The molecule has 0 radical (unpaired) electrons. The molecular weight excluding hydrogens is 230 g/mol. The largest absolute Gasteiger partial charge is 0.311 e. The van der Waals surface area contributed by atoms with Crippen molar-refractivity contribution in [3.8, 4) is 0 Å². The fourth-order valence-corrected chi connectivity index (χ4v) is 4.37. The van der Waals surface area contributed by atoms with Crippen LogP contribution in [0.5, 0.6) is 0 Å². The molecule has 5 unspecified atom stereocenters. The van der Waals surface area contributed by atoms with Gasteiger partial charge in [-0.2, -0.15) is 0 Å². The van der Waals surface area contributed by atoms with Gasteiger partial charge in [0.25, 0.3) is 0 Å². The van der Waals surface area contributed by atoms with Crippen LogP contribution in [0.1, 0.15) is 79.6 Å². The third kappa shape index (κ3) is 3.97. The SMILES string of the molecule is CC1CCC(NC2CCCCC2C(C)(C)C)CC1C. The van der Waals surface area contributed by atoms with Gasteiger partial charge < -0.3 is 5.32 Å². The van der Waals surface area contributed by atoms with Crippen LogP contribution in [-0.2, 0) is 0 Å². The molecule has 0 bridgehead atoms. The van der Waals surface area contributed by atoms with Crippen molar-refractivity contribution in [3.05, 3.63) is 0 Å². The van der Waals surface area contributed by atoms with E-state index < -0.39 is 0 Å². The average Bonchev–Trinajstić information content (AvgIpc) is 2.33. The quantitative estimate of drug-likeness (QED) is 0.740. The highest BCUT2D eigenvalue weighted by Crippen LogP contribution is 2.39. The summed E-state index contributed by atoms with van der Waals surface area (Å²) in [6.07, 6.45) is 9.93. The monoisotopic (exact) mass is 265 g/mol. The Labute approximate surface area is 120 Å². The summed E-state index contributed by atoms with van der Waals surface area (Å²) in [6, 6.07) is 1.57. The first-order valence-corrected chi connectivity index (χ1v) is 8.64. The molecule has 2 fully saturated rings. The van der Waals surface area contributed by atoms with Gasteiger partial charge in [0.15, 0.2) is 0 Å². The normalized spacial score (nSPS) is 41.2. The molecule has 2 aliphatic carbocycles. The highest BCUT2D eigenvalue weighted by atomic mass is 15.0. The van der Waals surface area contributed by atoms with Crippen LogP contribution in [0, 0.1) is 23.2 Å². The maximum Gasteiger partial charge on any atom is 0.0103 e. The van der Waals surface area contributed by atoms with Crippen molar-refractivity contribution in [2.24, 2.45) is 23.2 Å². The van der Waals surface area contributed by atoms with E-state index in [2.05, 4.69) is 39.9 Å². The molecule has 5 atom stereocenters. The van der Waals surface area contributed by atoms with Crippen LogP contribution in [0.3, 0.4) is 0 Å². The fraction of sp³-hybridized carbons (Fsp3) is 1.00. The van der Waals surface area contributed by atoms with Gasteiger partial charge in [-0.15, -0.1) is 0 Å². The van der Waals surface area contributed by atoms with Gasteiger partial charge in [0, 0.05) is 12.1 Å². The Balaban J connectivity index is 1.93. The number of hydrogen-bond donors (Lipinski definition) is 1. The van der Waals surface area contributed by atoms with E-state index in [1.54, 1.807) is 0 Å². The van der Waals surface area contributed by atoms with E-state index >= 15 is 0 Å². The fourth-order valence-electron chi connectivity index (χ4n) is 4.37.